The zero-order valence-electron chi connectivity index (χ0n) is 13.9. The van der Waals surface area contributed by atoms with Gasteiger partial charge in [-0.1, -0.05) is 0 Å². The maximum Gasteiger partial charge on any atom is 1.00 e. The van der Waals surface area contributed by atoms with E-state index in [1.165, 1.54) is 36.7 Å². The molecule has 2 aromatic rings. The summed E-state index contributed by atoms with van der Waals surface area (Å²) >= 11 is 0. The van der Waals surface area contributed by atoms with Gasteiger partial charge < -0.3 is 9.11 Å². The summed E-state index contributed by atoms with van der Waals surface area (Å²) in [6, 6.07) is 5.79. The summed E-state index contributed by atoms with van der Waals surface area (Å²) in [6.07, 6.45) is 2.72. The van der Waals surface area contributed by atoms with Gasteiger partial charge in [-0.3, -0.25) is 18.3 Å². The molecule has 0 aliphatic carbocycles. The number of aromatic nitrogens is 2. The van der Waals surface area contributed by atoms with Crippen LogP contribution in [0.2, 0.25) is 0 Å². The first-order chi connectivity index (χ1) is 11.1. The van der Waals surface area contributed by atoms with E-state index in [4.69, 9.17) is 0 Å². The van der Waals surface area contributed by atoms with Crippen LogP contribution in [-0.2, 0) is 42.4 Å². The molecule has 2 aromatic heterocycles. The van der Waals surface area contributed by atoms with Gasteiger partial charge >= 0.3 is 59.1 Å². The van der Waals surface area contributed by atoms with Crippen molar-refractivity contribution >= 4 is 20.8 Å². The molecule has 14 heteroatoms. The zero-order valence-corrected chi connectivity index (χ0v) is 19.5. The van der Waals surface area contributed by atoms with Crippen LogP contribution in [0.4, 0.5) is 0 Å². The molecule has 0 fully saturated rings. The van der Waals surface area contributed by atoms with Gasteiger partial charge in [-0.2, -0.15) is 0 Å². The maximum absolute atomic E-state index is 10.5. The van der Waals surface area contributed by atoms with Crippen molar-refractivity contribution in [2.24, 2.45) is 0 Å². The van der Waals surface area contributed by atoms with Gasteiger partial charge in [0.15, 0.2) is 0 Å². The number of hydrogen-bond acceptors (Lipinski definition) is 10. The van der Waals surface area contributed by atoms with Gasteiger partial charge in [0, 0.05) is 12.4 Å². The van der Waals surface area contributed by atoms with Crippen LogP contribution in [0.1, 0.15) is 11.1 Å². The Morgan fingerprint density at radius 3 is 1.42 bits per heavy atom. The molecule has 26 heavy (non-hydrogen) atoms. The van der Waals surface area contributed by atoms with E-state index < -0.39 is 34.0 Å². The molecule has 0 aliphatic rings. The number of hydrogen-bond donors (Lipinski definition) is 0. The minimum Gasteiger partial charge on any atom is -0.726 e. The van der Waals surface area contributed by atoms with Crippen molar-refractivity contribution in [3.05, 3.63) is 47.8 Å². The standard InChI is InChI=1S/C12H12N2O8S2.2Na/c15-23(16,17)21-7-9-1-3-13-11(5-9)12-6-10(2-4-14-12)8-22-24(18,19)20;;/h1-6H,7-8H2,(H,15,16,17)(H,18,19,20);;/q;2*+1/p-2. The molecule has 0 radical (unpaired) electrons. The van der Waals surface area contributed by atoms with E-state index in [-0.39, 0.29) is 59.1 Å². The summed E-state index contributed by atoms with van der Waals surface area (Å²) in [5.74, 6) is 0. The summed E-state index contributed by atoms with van der Waals surface area (Å²) in [6.45, 7) is -0.919. The largest absolute Gasteiger partial charge is 1.00 e. The van der Waals surface area contributed by atoms with Crippen molar-refractivity contribution in [1.29, 1.82) is 0 Å². The summed E-state index contributed by atoms with van der Waals surface area (Å²) in [7, 11) is -9.63. The predicted molar refractivity (Wildman–Crippen MR) is 76.4 cm³/mol. The third kappa shape index (κ3) is 9.82. The molecule has 0 aliphatic heterocycles. The Morgan fingerprint density at radius 2 is 1.12 bits per heavy atom. The number of nitrogens with zero attached hydrogens (tertiary/aromatic N) is 2. The fourth-order valence-corrected chi connectivity index (χ4v) is 2.25. The molecular weight excluding hydrogens is 410 g/mol. The topological polar surface area (TPSA) is 159 Å². The van der Waals surface area contributed by atoms with Gasteiger partial charge in [0.05, 0.1) is 24.6 Å². The van der Waals surface area contributed by atoms with Crippen molar-refractivity contribution in [3.8, 4) is 11.4 Å². The van der Waals surface area contributed by atoms with E-state index in [0.717, 1.165) is 0 Å². The Morgan fingerprint density at radius 1 is 0.769 bits per heavy atom. The quantitative estimate of drug-likeness (QED) is 0.240. The van der Waals surface area contributed by atoms with Crippen molar-refractivity contribution in [1.82, 2.24) is 9.97 Å². The molecule has 0 aromatic carbocycles. The van der Waals surface area contributed by atoms with E-state index in [1.807, 2.05) is 0 Å². The Balaban J connectivity index is 0.00000312. The summed E-state index contributed by atoms with van der Waals surface area (Å²) < 4.78 is 71.1. The first kappa shape index (κ1) is 26.0. The second-order valence-electron chi connectivity index (χ2n) is 4.44. The molecule has 0 atom stereocenters. The van der Waals surface area contributed by atoms with Crippen LogP contribution in [0.15, 0.2) is 36.7 Å². The van der Waals surface area contributed by atoms with Crippen LogP contribution in [0.25, 0.3) is 11.4 Å². The molecule has 2 heterocycles. The molecule has 0 amide bonds. The van der Waals surface area contributed by atoms with Crippen molar-refractivity contribution in [3.63, 3.8) is 0 Å². The molecule has 0 spiro atoms. The van der Waals surface area contributed by atoms with E-state index >= 15 is 0 Å². The van der Waals surface area contributed by atoms with Crippen molar-refractivity contribution in [2.75, 3.05) is 0 Å². The van der Waals surface area contributed by atoms with Crippen LogP contribution in [0, 0.1) is 0 Å². The minimum atomic E-state index is -4.82. The van der Waals surface area contributed by atoms with Gasteiger partial charge in [-0.05, 0) is 35.4 Å². The van der Waals surface area contributed by atoms with Crippen LogP contribution in [0.3, 0.4) is 0 Å². The van der Waals surface area contributed by atoms with E-state index in [1.54, 1.807) is 0 Å². The van der Waals surface area contributed by atoms with Crippen molar-refractivity contribution < 1.29 is 93.4 Å². The monoisotopic (exact) mass is 420 g/mol. The average molecular weight is 420 g/mol. The molecule has 0 N–H and O–H groups in total. The third-order valence-corrected chi connectivity index (χ3v) is 3.46. The molecule has 0 bridgehead atoms. The Labute approximate surface area is 194 Å². The van der Waals surface area contributed by atoms with Gasteiger partial charge in [0.25, 0.3) is 0 Å². The Kier molecular flexibility index (Phi) is 11.2. The molecule has 0 unspecified atom stereocenters. The Hall–Kier alpha value is 0.0400. The van der Waals surface area contributed by atoms with Gasteiger partial charge in [-0.15, -0.1) is 0 Å². The molecule has 0 saturated heterocycles. The first-order valence-corrected chi connectivity index (χ1v) is 8.90. The van der Waals surface area contributed by atoms with Crippen LogP contribution < -0.4 is 59.1 Å². The Bertz CT molecular complexity index is 860. The molecular formula is C12H10N2Na2O8S2. The van der Waals surface area contributed by atoms with Crippen LogP contribution in [0.5, 0.6) is 0 Å². The fraction of sp³-hybridized carbons (Fsp3) is 0.167. The molecule has 130 valence electrons. The van der Waals surface area contributed by atoms with Crippen molar-refractivity contribution in [2.45, 2.75) is 13.2 Å². The van der Waals surface area contributed by atoms with Gasteiger partial charge in [0.1, 0.15) is 0 Å². The fourth-order valence-electron chi connectivity index (χ4n) is 1.69. The first-order valence-electron chi connectivity index (χ1n) is 6.23. The normalized spacial score (nSPS) is 11.3. The minimum absolute atomic E-state index is 0. The van der Waals surface area contributed by atoms with Crippen LogP contribution >= 0.6 is 0 Å². The average Bonchev–Trinajstić information content (AvgIpc) is 2.50. The van der Waals surface area contributed by atoms with Gasteiger partial charge in [-0.25, -0.2) is 16.8 Å². The second kappa shape index (κ2) is 11.1. The molecule has 2 rings (SSSR count). The number of pyridine rings is 2. The zero-order chi connectivity index (χ0) is 17.8. The maximum atomic E-state index is 10.5. The third-order valence-electron chi connectivity index (χ3n) is 2.65. The van der Waals surface area contributed by atoms with E-state index in [2.05, 4.69) is 18.3 Å². The summed E-state index contributed by atoms with van der Waals surface area (Å²) in [5.41, 5.74) is 1.38. The summed E-state index contributed by atoms with van der Waals surface area (Å²) in [4.78, 5) is 8.08. The van der Waals surface area contributed by atoms with Crippen LogP contribution in [-0.4, -0.2) is 35.9 Å². The van der Waals surface area contributed by atoms with E-state index in [0.29, 0.717) is 22.5 Å². The molecule has 10 nitrogen and oxygen atoms in total. The SMILES string of the molecule is O=S(=O)([O-])OCc1ccnc(-c2cc(COS(=O)(=O)[O-])ccn2)c1.[Na+].[Na+]. The smallest absolute Gasteiger partial charge is 0.726 e. The number of rotatable bonds is 7. The van der Waals surface area contributed by atoms with Gasteiger partial charge in [0.2, 0.25) is 20.8 Å². The molecule has 0 saturated carbocycles. The van der Waals surface area contributed by atoms with E-state index in [9.17, 15) is 25.9 Å². The summed E-state index contributed by atoms with van der Waals surface area (Å²) in [5, 5.41) is 0. The second-order valence-corrected chi connectivity index (χ2v) is 6.54. The predicted octanol–water partition coefficient (Wildman–Crippen LogP) is -5.89.